The Morgan fingerprint density at radius 1 is 1.19 bits per heavy atom. The highest BCUT2D eigenvalue weighted by atomic mass is 79.9. The van der Waals surface area contributed by atoms with Crippen molar-refractivity contribution in [3.8, 4) is 5.75 Å². The molecule has 1 N–H and O–H groups in total. The van der Waals surface area contributed by atoms with Gasteiger partial charge in [0.25, 0.3) is 10.0 Å². The van der Waals surface area contributed by atoms with Crippen LogP contribution in [-0.4, -0.2) is 15.0 Å². The highest BCUT2D eigenvalue weighted by molar-refractivity contribution is 9.10. The van der Waals surface area contributed by atoms with Crippen molar-refractivity contribution >= 4 is 31.6 Å². The van der Waals surface area contributed by atoms with Gasteiger partial charge < -0.3 is 4.74 Å². The lowest BCUT2D eigenvalue weighted by atomic mass is 10.2. The number of aryl methyl sites for hydroxylation is 1. The van der Waals surface area contributed by atoms with E-state index >= 15 is 0 Å². The van der Waals surface area contributed by atoms with Gasteiger partial charge in [0.2, 0.25) is 0 Å². The molecule has 112 valence electrons. The fourth-order valence-electron chi connectivity index (χ4n) is 1.84. The first-order chi connectivity index (χ1) is 9.92. The van der Waals surface area contributed by atoms with Crippen molar-refractivity contribution < 1.29 is 13.2 Å². The van der Waals surface area contributed by atoms with Gasteiger partial charge in [0, 0.05) is 4.47 Å². The molecule has 2 rings (SSSR count). The highest BCUT2D eigenvalue weighted by Crippen LogP contribution is 2.25. The molecule has 0 atom stereocenters. The largest absolute Gasteiger partial charge is 0.494 e. The molecule has 0 saturated heterocycles. The summed E-state index contributed by atoms with van der Waals surface area (Å²) in [5, 5.41) is 0. The molecule has 0 fully saturated rings. The fraction of sp³-hybridized carbons (Fsp3) is 0.200. The number of nitrogens with one attached hydrogen (secondary N) is 1. The molecule has 0 aliphatic carbocycles. The molecule has 0 amide bonds. The first-order valence-electron chi connectivity index (χ1n) is 6.44. The van der Waals surface area contributed by atoms with Crippen molar-refractivity contribution in [2.24, 2.45) is 0 Å². The van der Waals surface area contributed by atoms with E-state index in [0.29, 0.717) is 16.8 Å². The molecular formula is C15H16BrNO3S. The Morgan fingerprint density at radius 2 is 1.95 bits per heavy atom. The molecule has 21 heavy (non-hydrogen) atoms. The van der Waals surface area contributed by atoms with Gasteiger partial charge in [-0.15, -0.1) is 0 Å². The smallest absolute Gasteiger partial charge is 0.261 e. The molecular weight excluding hydrogens is 354 g/mol. The highest BCUT2D eigenvalue weighted by Gasteiger charge is 2.15. The van der Waals surface area contributed by atoms with Crippen LogP contribution in [0.5, 0.6) is 5.75 Å². The summed E-state index contributed by atoms with van der Waals surface area (Å²) in [6.07, 6.45) is 0. The standard InChI is InChI=1S/C15H16BrNO3S/c1-3-20-13-7-8-15(11(2)9-13)17-21(18,19)14-6-4-5-12(16)10-14/h4-10,17H,3H2,1-2H3. The zero-order valence-electron chi connectivity index (χ0n) is 11.8. The molecule has 2 aromatic carbocycles. The first-order valence-corrected chi connectivity index (χ1v) is 8.72. The Balaban J connectivity index is 2.29. The third-order valence-electron chi connectivity index (χ3n) is 2.86. The minimum Gasteiger partial charge on any atom is -0.494 e. The summed E-state index contributed by atoms with van der Waals surface area (Å²) >= 11 is 3.27. The Hall–Kier alpha value is -1.53. The first kappa shape index (κ1) is 15.9. The predicted molar refractivity (Wildman–Crippen MR) is 87.3 cm³/mol. The van der Waals surface area contributed by atoms with Crippen LogP contribution in [0, 0.1) is 6.92 Å². The molecule has 0 heterocycles. The van der Waals surface area contributed by atoms with Crippen LogP contribution in [0.2, 0.25) is 0 Å². The predicted octanol–water partition coefficient (Wildman–Crippen LogP) is 3.96. The van der Waals surface area contributed by atoms with Crippen LogP contribution in [0.15, 0.2) is 51.8 Å². The van der Waals surface area contributed by atoms with Crippen LogP contribution >= 0.6 is 15.9 Å². The van der Waals surface area contributed by atoms with Gasteiger partial charge in [0.1, 0.15) is 5.75 Å². The Morgan fingerprint density at radius 3 is 2.57 bits per heavy atom. The van der Waals surface area contributed by atoms with Crippen LogP contribution in [0.1, 0.15) is 12.5 Å². The SMILES string of the molecule is CCOc1ccc(NS(=O)(=O)c2cccc(Br)c2)c(C)c1. The molecule has 0 aromatic heterocycles. The second kappa shape index (κ2) is 6.49. The molecule has 6 heteroatoms. The van der Waals surface area contributed by atoms with Gasteiger partial charge in [-0.25, -0.2) is 8.42 Å². The summed E-state index contributed by atoms with van der Waals surface area (Å²) in [5.41, 5.74) is 1.35. The molecule has 0 aliphatic heterocycles. The van der Waals surface area contributed by atoms with E-state index in [1.54, 1.807) is 36.4 Å². The average molecular weight is 370 g/mol. The summed E-state index contributed by atoms with van der Waals surface area (Å²) in [5.74, 6) is 0.723. The molecule has 0 bridgehead atoms. The third-order valence-corrected chi connectivity index (χ3v) is 4.72. The van der Waals surface area contributed by atoms with Crippen molar-refractivity contribution in [3.63, 3.8) is 0 Å². The number of halogens is 1. The van der Waals surface area contributed by atoms with Gasteiger partial charge in [0.05, 0.1) is 17.2 Å². The lowest BCUT2D eigenvalue weighted by molar-refractivity contribution is 0.340. The lowest BCUT2D eigenvalue weighted by Crippen LogP contribution is -2.13. The van der Waals surface area contributed by atoms with E-state index < -0.39 is 10.0 Å². The van der Waals surface area contributed by atoms with Crippen LogP contribution in [-0.2, 0) is 10.0 Å². The van der Waals surface area contributed by atoms with Crippen molar-refractivity contribution in [1.29, 1.82) is 0 Å². The maximum atomic E-state index is 12.4. The van der Waals surface area contributed by atoms with E-state index in [-0.39, 0.29) is 4.90 Å². The number of anilines is 1. The van der Waals surface area contributed by atoms with Crippen molar-refractivity contribution in [3.05, 3.63) is 52.5 Å². The second-order valence-corrected chi connectivity index (χ2v) is 7.07. The number of sulfonamides is 1. The zero-order chi connectivity index (χ0) is 15.5. The molecule has 0 saturated carbocycles. The van der Waals surface area contributed by atoms with Crippen LogP contribution in [0.25, 0.3) is 0 Å². The van der Waals surface area contributed by atoms with E-state index in [9.17, 15) is 8.42 Å². The Kier molecular flexibility index (Phi) is 4.90. The number of hydrogen-bond donors (Lipinski definition) is 1. The summed E-state index contributed by atoms with van der Waals surface area (Å²) in [7, 11) is -3.60. The van der Waals surface area contributed by atoms with E-state index in [1.807, 2.05) is 19.9 Å². The molecule has 2 aromatic rings. The maximum Gasteiger partial charge on any atom is 0.261 e. The van der Waals surface area contributed by atoms with E-state index in [2.05, 4.69) is 20.7 Å². The molecule has 4 nitrogen and oxygen atoms in total. The molecule has 0 unspecified atom stereocenters. The monoisotopic (exact) mass is 369 g/mol. The van der Waals surface area contributed by atoms with Gasteiger partial charge >= 0.3 is 0 Å². The van der Waals surface area contributed by atoms with Gasteiger partial charge in [-0.1, -0.05) is 22.0 Å². The summed E-state index contributed by atoms with van der Waals surface area (Å²) in [6.45, 7) is 4.31. The van der Waals surface area contributed by atoms with Gasteiger partial charge in [0.15, 0.2) is 0 Å². The van der Waals surface area contributed by atoms with Gasteiger partial charge in [-0.3, -0.25) is 4.72 Å². The zero-order valence-corrected chi connectivity index (χ0v) is 14.2. The van der Waals surface area contributed by atoms with Gasteiger partial charge in [-0.2, -0.15) is 0 Å². The minimum atomic E-state index is -3.60. The van der Waals surface area contributed by atoms with E-state index in [1.165, 1.54) is 0 Å². The van der Waals surface area contributed by atoms with Crippen LogP contribution in [0.4, 0.5) is 5.69 Å². The average Bonchev–Trinajstić information content (AvgIpc) is 2.42. The van der Waals surface area contributed by atoms with Crippen LogP contribution < -0.4 is 9.46 Å². The van der Waals surface area contributed by atoms with Crippen molar-refractivity contribution in [2.45, 2.75) is 18.7 Å². The second-order valence-electron chi connectivity index (χ2n) is 4.47. The Bertz CT molecular complexity index is 744. The number of benzene rings is 2. The summed E-state index contributed by atoms with van der Waals surface area (Å²) in [6, 6.07) is 11.8. The Labute approximate surface area is 133 Å². The van der Waals surface area contributed by atoms with E-state index in [0.717, 1.165) is 11.3 Å². The summed E-state index contributed by atoms with van der Waals surface area (Å²) in [4.78, 5) is 0.213. The number of ether oxygens (including phenoxy) is 1. The summed E-state index contributed by atoms with van der Waals surface area (Å²) < 4.78 is 33.4. The normalized spacial score (nSPS) is 11.2. The molecule has 0 radical (unpaired) electrons. The van der Waals surface area contributed by atoms with Crippen LogP contribution in [0.3, 0.4) is 0 Å². The minimum absolute atomic E-state index is 0.213. The van der Waals surface area contributed by atoms with E-state index in [4.69, 9.17) is 4.74 Å². The maximum absolute atomic E-state index is 12.4. The molecule has 0 spiro atoms. The third kappa shape index (κ3) is 3.98. The quantitative estimate of drug-likeness (QED) is 0.867. The van der Waals surface area contributed by atoms with Crippen molar-refractivity contribution in [2.75, 3.05) is 11.3 Å². The number of rotatable bonds is 5. The van der Waals surface area contributed by atoms with Gasteiger partial charge in [-0.05, 0) is 55.8 Å². The topological polar surface area (TPSA) is 55.4 Å². The number of hydrogen-bond acceptors (Lipinski definition) is 3. The fourth-order valence-corrected chi connectivity index (χ4v) is 3.57. The molecule has 0 aliphatic rings. The lowest BCUT2D eigenvalue weighted by Gasteiger charge is -2.12. The van der Waals surface area contributed by atoms with Crippen molar-refractivity contribution in [1.82, 2.24) is 0 Å².